The van der Waals surface area contributed by atoms with Crippen LogP contribution in [0.15, 0.2) is 40.9 Å². The van der Waals surface area contributed by atoms with E-state index in [1.54, 1.807) is 24.3 Å². The fourth-order valence-electron chi connectivity index (χ4n) is 2.08. The lowest BCUT2D eigenvalue weighted by molar-refractivity contribution is 0.498. The van der Waals surface area contributed by atoms with Crippen LogP contribution >= 0.6 is 15.9 Å². The minimum absolute atomic E-state index is 0.273. The SMILES string of the molecule is Cc1ccc(C(Cc2ccc(Br)cc2F)NN)c(F)c1. The molecule has 0 bridgehead atoms. The number of aryl methyl sites for hydroxylation is 1. The molecule has 0 aromatic heterocycles. The van der Waals surface area contributed by atoms with Crippen LogP contribution in [-0.4, -0.2) is 0 Å². The molecule has 0 aliphatic rings. The maximum absolute atomic E-state index is 14.0. The molecule has 0 saturated carbocycles. The average molecular weight is 341 g/mol. The van der Waals surface area contributed by atoms with Gasteiger partial charge in [-0.1, -0.05) is 34.1 Å². The Kier molecular flexibility index (Phi) is 4.86. The van der Waals surface area contributed by atoms with Crippen LogP contribution in [0.2, 0.25) is 0 Å². The Morgan fingerprint density at radius 1 is 1.15 bits per heavy atom. The van der Waals surface area contributed by atoms with Gasteiger partial charge in [-0.3, -0.25) is 11.3 Å². The maximum Gasteiger partial charge on any atom is 0.128 e. The molecular weight excluding hydrogens is 326 g/mol. The lowest BCUT2D eigenvalue weighted by Gasteiger charge is -2.18. The second kappa shape index (κ2) is 6.43. The van der Waals surface area contributed by atoms with Gasteiger partial charge in [0.25, 0.3) is 0 Å². The van der Waals surface area contributed by atoms with Gasteiger partial charge in [-0.2, -0.15) is 0 Å². The van der Waals surface area contributed by atoms with Gasteiger partial charge < -0.3 is 0 Å². The van der Waals surface area contributed by atoms with Gasteiger partial charge in [0, 0.05) is 10.0 Å². The number of nitrogens with one attached hydrogen (secondary N) is 1. The Balaban J connectivity index is 2.28. The minimum Gasteiger partial charge on any atom is -0.271 e. The molecule has 2 aromatic rings. The molecule has 0 saturated heterocycles. The van der Waals surface area contributed by atoms with Crippen LogP contribution < -0.4 is 11.3 Å². The highest BCUT2D eigenvalue weighted by Crippen LogP contribution is 2.24. The highest BCUT2D eigenvalue weighted by atomic mass is 79.9. The maximum atomic E-state index is 14.0. The molecule has 1 atom stereocenters. The van der Waals surface area contributed by atoms with E-state index in [0.29, 0.717) is 15.6 Å². The van der Waals surface area contributed by atoms with Crippen molar-refractivity contribution in [3.05, 3.63) is 69.2 Å². The molecule has 0 aliphatic carbocycles. The summed E-state index contributed by atoms with van der Waals surface area (Å²) < 4.78 is 28.5. The van der Waals surface area contributed by atoms with E-state index < -0.39 is 6.04 Å². The molecule has 20 heavy (non-hydrogen) atoms. The van der Waals surface area contributed by atoms with Crippen molar-refractivity contribution in [2.24, 2.45) is 5.84 Å². The van der Waals surface area contributed by atoms with Crippen molar-refractivity contribution in [2.75, 3.05) is 0 Å². The van der Waals surface area contributed by atoms with Gasteiger partial charge >= 0.3 is 0 Å². The Hall–Kier alpha value is -1.30. The molecule has 0 aliphatic heterocycles. The number of hydrogen-bond donors (Lipinski definition) is 2. The first-order valence-electron chi connectivity index (χ1n) is 6.17. The highest BCUT2D eigenvalue weighted by Gasteiger charge is 2.17. The number of rotatable bonds is 4. The van der Waals surface area contributed by atoms with Gasteiger partial charge in [0.2, 0.25) is 0 Å². The summed E-state index contributed by atoms with van der Waals surface area (Å²) >= 11 is 3.20. The van der Waals surface area contributed by atoms with Crippen molar-refractivity contribution in [1.29, 1.82) is 0 Å². The molecule has 0 spiro atoms. The van der Waals surface area contributed by atoms with Crippen molar-refractivity contribution in [1.82, 2.24) is 5.43 Å². The number of nitrogens with two attached hydrogens (primary N) is 1. The summed E-state index contributed by atoms with van der Waals surface area (Å²) in [6.45, 7) is 1.81. The van der Waals surface area contributed by atoms with E-state index in [4.69, 9.17) is 5.84 Å². The van der Waals surface area contributed by atoms with Crippen LogP contribution in [0.3, 0.4) is 0 Å². The third-order valence-corrected chi connectivity index (χ3v) is 3.66. The van der Waals surface area contributed by atoms with Gasteiger partial charge in [0.15, 0.2) is 0 Å². The highest BCUT2D eigenvalue weighted by molar-refractivity contribution is 9.10. The second-order valence-corrected chi connectivity index (χ2v) is 5.60. The van der Waals surface area contributed by atoms with Crippen molar-refractivity contribution in [3.8, 4) is 0 Å². The van der Waals surface area contributed by atoms with E-state index in [-0.39, 0.29) is 18.1 Å². The summed E-state index contributed by atoms with van der Waals surface area (Å²) in [6, 6.07) is 9.23. The summed E-state index contributed by atoms with van der Waals surface area (Å²) in [5, 5.41) is 0. The van der Waals surface area contributed by atoms with Crippen LogP contribution in [0.25, 0.3) is 0 Å². The summed E-state index contributed by atoms with van der Waals surface area (Å²) in [7, 11) is 0. The van der Waals surface area contributed by atoms with E-state index in [2.05, 4.69) is 21.4 Å². The van der Waals surface area contributed by atoms with Crippen LogP contribution in [0, 0.1) is 18.6 Å². The summed E-state index contributed by atoms with van der Waals surface area (Å²) in [5.41, 5.74) is 4.29. The van der Waals surface area contributed by atoms with Crippen LogP contribution in [0.5, 0.6) is 0 Å². The van der Waals surface area contributed by atoms with E-state index in [9.17, 15) is 8.78 Å². The van der Waals surface area contributed by atoms with E-state index >= 15 is 0 Å². The fourth-order valence-corrected chi connectivity index (χ4v) is 2.41. The molecule has 0 radical (unpaired) electrons. The quantitative estimate of drug-likeness (QED) is 0.656. The third kappa shape index (κ3) is 3.42. The third-order valence-electron chi connectivity index (χ3n) is 3.17. The van der Waals surface area contributed by atoms with E-state index in [1.165, 1.54) is 12.1 Å². The van der Waals surface area contributed by atoms with Crippen LogP contribution in [-0.2, 0) is 6.42 Å². The minimum atomic E-state index is -0.480. The van der Waals surface area contributed by atoms with Gasteiger partial charge in [0.05, 0.1) is 6.04 Å². The molecule has 2 nitrogen and oxygen atoms in total. The second-order valence-electron chi connectivity index (χ2n) is 4.68. The predicted octanol–water partition coefficient (Wildman–Crippen LogP) is 3.78. The molecular formula is C15H15BrF2N2. The zero-order valence-corrected chi connectivity index (χ0v) is 12.5. The molecule has 106 valence electrons. The standard InChI is InChI=1S/C15H15BrF2N2/c1-9-2-5-12(14(18)6-9)15(20-19)7-10-3-4-11(16)8-13(10)17/h2-6,8,15,20H,7,19H2,1H3. The number of hydrogen-bond acceptors (Lipinski definition) is 2. The van der Waals surface area contributed by atoms with Crippen LogP contribution in [0.4, 0.5) is 8.78 Å². The monoisotopic (exact) mass is 340 g/mol. The normalized spacial score (nSPS) is 12.4. The largest absolute Gasteiger partial charge is 0.271 e. The Morgan fingerprint density at radius 2 is 1.90 bits per heavy atom. The zero-order valence-electron chi connectivity index (χ0n) is 11.0. The first-order valence-corrected chi connectivity index (χ1v) is 6.96. The lowest BCUT2D eigenvalue weighted by Crippen LogP contribution is -2.30. The lowest BCUT2D eigenvalue weighted by atomic mass is 9.98. The molecule has 0 fully saturated rings. The summed E-state index contributed by atoms with van der Waals surface area (Å²) in [5.74, 6) is 4.81. The topological polar surface area (TPSA) is 38.0 Å². The van der Waals surface area contributed by atoms with Crippen molar-refractivity contribution in [3.63, 3.8) is 0 Å². The van der Waals surface area contributed by atoms with Gasteiger partial charge in [-0.05, 0) is 42.7 Å². The zero-order chi connectivity index (χ0) is 14.7. The van der Waals surface area contributed by atoms with Crippen molar-refractivity contribution < 1.29 is 8.78 Å². The molecule has 0 amide bonds. The summed E-state index contributed by atoms with van der Waals surface area (Å²) in [4.78, 5) is 0. The predicted molar refractivity (Wildman–Crippen MR) is 79.0 cm³/mol. The van der Waals surface area contributed by atoms with Gasteiger partial charge in [0.1, 0.15) is 11.6 Å². The molecule has 5 heteroatoms. The molecule has 3 N–H and O–H groups in total. The van der Waals surface area contributed by atoms with Crippen molar-refractivity contribution in [2.45, 2.75) is 19.4 Å². The van der Waals surface area contributed by atoms with E-state index in [0.717, 1.165) is 5.56 Å². The Morgan fingerprint density at radius 3 is 2.50 bits per heavy atom. The molecule has 0 heterocycles. The Bertz CT molecular complexity index is 617. The number of benzene rings is 2. The number of hydrazine groups is 1. The average Bonchev–Trinajstić information content (AvgIpc) is 2.39. The van der Waals surface area contributed by atoms with Gasteiger partial charge in [-0.25, -0.2) is 8.78 Å². The smallest absolute Gasteiger partial charge is 0.128 e. The first kappa shape index (κ1) is 15.1. The number of halogens is 3. The van der Waals surface area contributed by atoms with Crippen molar-refractivity contribution >= 4 is 15.9 Å². The molecule has 1 unspecified atom stereocenters. The molecule has 2 rings (SSSR count). The van der Waals surface area contributed by atoms with Gasteiger partial charge in [-0.15, -0.1) is 0 Å². The van der Waals surface area contributed by atoms with E-state index in [1.807, 2.05) is 6.92 Å². The fraction of sp³-hybridized carbons (Fsp3) is 0.200. The van der Waals surface area contributed by atoms with Crippen LogP contribution in [0.1, 0.15) is 22.7 Å². The summed E-state index contributed by atoms with van der Waals surface area (Å²) in [6.07, 6.45) is 0.273. The Labute approximate surface area is 125 Å². The first-order chi connectivity index (χ1) is 9.51. The molecule has 2 aromatic carbocycles.